The molecule has 0 unspecified atom stereocenters. The monoisotopic (exact) mass is 367 g/mol. The molecule has 142 valence electrons. The summed E-state index contributed by atoms with van der Waals surface area (Å²) < 4.78 is 11.1. The molecule has 0 saturated carbocycles. The van der Waals surface area contributed by atoms with Gasteiger partial charge < -0.3 is 14.4 Å². The predicted octanol–water partition coefficient (Wildman–Crippen LogP) is 4.07. The summed E-state index contributed by atoms with van der Waals surface area (Å²) in [5.74, 6) is -0.948. The Balaban J connectivity index is 2.11. The van der Waals surface area contributed by atoms with E-state index in [1.165, 1.54) is 0 Å². The van der Waals surface area contributed by atoms with Crippen LogP contribution in [-0.4, -0.2) is 28.0 Å². The second kappa shape index (κ2) is 6.41. The molecular weight excluding hydrogens is 342 g/mol. The van der Waals surface area contributed by atoms with Crippen LogP contribution < -0.4 is 0 Å². The molecule has 0 saturated heterocycles. The van der Waals surface area contributed by atoms with Crippen LogP contribution in [0.25, 0.3) is 0 Å². The molecule has 27 heavy (non-hydrogen) atoms. The zero-order chi connectivity index (χ0) is 20.0. The molecule has 0 N–H and O–H groups in total. The normalized spacial score (nSPS) is 18.4. The molecule has 0 bridgehead atoms. The van der Waals surface area contributed by atoms with Crippen LogP contribution in [0, 0.1) is 0 Å². The van der Waals surface area contributed by atoms with Crippen LogP contribution in [0.2, 0.25) is 0 Å². The molecule has 3 aliphatic heterocycles. The minimum atomic E-state index is -0.639. The highest BCUT2D eigenvalue weighted by molar-refractivity contribution is 6.02. The summed E-state index contributed by atoms with van der Waals surface area (Å²) in [5.41, 5.74) is 1.63. The Labute approximate surface area is 160 Å². The third-order valence-corrected chi connectivity index (χ3v) is 3.86. The highest BCUT2D eigenvalue weighted by Gasteiger charge is 2.36. The van der Waals surface area contributed by atoms with Crippen molar-refractivity contribution >= 4 is 11.9 Å². The van der Waals surface area contributed by atoms with E-state index >= 15 is 0 Å². The van der Waals surface area contributed by atoms with Gasteiger partial charge in [-0.05, 0) is 71.9 Å². The van der Waals surface area contributed by atoms with Gasteiger partial charge in [0.25, 0.3) is 0 Å². The van der Waals surface area contributed by atoms with E-state index in [0.717, 1.165) is 5.70 Å². The predicted molar refractivity (Wildman–Crippen MR) is 103 cm³/mol. The summed E-state index contributed by atoms with van der Waals surface area (Å²) in [4.78, 5) is 27.6. The number of carbonyl (C=O) groups is 2. The molecule has 0 atom stereocenters. The van der Waals surface area contributed by atoms with Gasteiger partial charge in [-0.25, -0.2) is 9.59 Å². The molecule has 0 aromatic heterocycles. The van der Waals surface area contributed by atoms with Crippen molar-refractivity contribution in [3.63, 3.8) is 0 Å². The van der Waals surface area contributed by atoms with Crippen molar-refractivity contribution < 1.29 is 19.1 Å². The Morgan fingerprint density at radius 3 is 2.07 bits per heavy atom. The fraction of sp³-hybridized carbons (Fsp3) is 0.364. The molecule has 0 spiro atoms. The highest BCUT2D eigenvalue weighted by Crippen LogP contribution is 2.39. The molecule has 5 nitrogen and oxygen atoms in total. The zero-order valence-electron chi connectivity index (χ0n) is 16.6. The van der Waals surface area contributed by atoms with E-state index in [9.17, 15) is 9.59 Å². The Morgan fingerprint density at radius 2 is 1.44 bits per heavy atom. The summed E-state index contributed by atoms with van der Waals surface area (Å²) >= 11 is 0. The van der Waals surface area contributed by atoms with Crippen LogP contribution >= 0.6 is 0 Å². The standard InChI is InChI=1S/C22H25NO4/c1-21(2,3)26-19(24)15-13-16(20(25)27-22(4,5)6)18-12-8-10-14-9-7-11-17(15)23(14)18/h7-13H,1-6H3. The Morgan fingerprint density at radius 1 is 0.852 bits per heavy atom. The lowest BCUT2D eigenvalue weighted by atomic mass is 9.94. The highest BCUT2D eigenvalue weighted by atomic mass is 16.6. The first-order valence-corrected chi connectivity index (χ1v) is 8.96. The lowest BCUT2D eigenvalue weighted by Crippen LogP contribution is -2.35. The van der Waals surface area contributed by atoms with Gasteiger partial charge in [0.05, 0.1) is 22.5 Å². The SMILES string of the molecule is CC(C)(C)OC(=O)C1=CC(C(=O)OC(C)(C)C)=C2C=CC=C3C=CC=C1N32. The van der Waals surface area contributed by atoms with E-state index < -0.39 is 23.1 Å². The number of carbonyl (C=O) groups excluding carboxylic acids is 2. The zero-order valence-corrected chi connectivity index (χ0v) is 16.6. The van der Waals surface area contributed by atoms with Gasteiger partial charge in [-0.15, -0.1) is 0 Å². The minimum Gasteiger partial charge on any atom is -0.456 e. The average molecular weight is 367 g/mol. The largest absolute Gasteiger partial charge is 0.456 e. The smallest absolute Gasteiger partial charge is 0.340 e. The molecule has 0 fully saturated rings. The van der Waals surface area contributed by atoms with Gasteiger partial charge in [0, 0.05) is 5.70 Å². The number of esters is 2. The second-order valence-corrected chi connectivity index (χ2v) is 8.56. The maximum Gasteiger partial charge on any atom is 0.340 e. The van der Waals surface area contributed by atoms with E-state index in [2.05, 4.69) is 0 Å². The molecule has 3 rings (SSSR count). The van der Waals surface area contributed by atoms with Crippen LogP contribution in [0.3, 0.4) is 0 Å². The first-order chi connectivity index (χ1) is 12.5. The van der Waals surface area contributed by atoms with Gasteiger partial charge in [0.2, 0.25) is 0 Å². The van der Waals surface area contributed by atoms with Crippen LogP contribution in [0.15, 0.2) is 70.8 Å². The van der Waals surface area contributed by atoms with E-state index in [-0.39, 0.29) is 0 Å². The molecule has 3 heterocycles. The number of nitrogens with zero attached hydrogens (tertiary/aromatic N) is 1. The summed E-state index contributed by atoms with van der Waals surface area (Å²) in [6.07, 6.45) is 12.9. The average Bonchev–Trinajstić information content (AvgIpc) is 2.52. The third kappa shape index (κ3) is 3.97. The number of rotatable bonds is 2. The summed E-state index contributed by atoms with van der Waals surface area (Å²) in [7, 11) is 0. The third-order valence-electron chi connectivity index (χ3n) is 3.86. The first kappa shape index (κ1) is 19.0. The van der Waals surface area contributed by atoms with Gasteiger partial charge in [-0.2, -0.15) is 0 Å². The Bertz CT molecular complexity index is 880. The number of allylic oxidation sites excluding steroid dienone is 6. The van der Waals surface area contributed by atoms with Gasteiger partial charge in [-0.3, -0.25) is 0 Å². The maximum atomic E-state index is 12.8. The fourth-order valence-corrected chi connectivity index (χ4v) is 2.94. The number of hydrogen-bond acceptors (Lipinski definition) is 5. The molecular formula is C22H25NO4. The lowest BCUT2D eigenvalue weighted by molar-refractivity contribution is -0.149. The fourth-order valence-electron chi connectivity index (χ4n) is 2.94. The molecule has 5 heteroatoms. The van der Waals surface area contributed by atoms with Crippen LogP contribution in [0.4, 0.5) is 0 Å². The molecule has 0 amide bonds. The van der Waals surface area contributed by atoms with E-state index in [1.54, 1.807) is 6.08 Å². The van der Waals surface area contributed by atoms with Crippen molar-refractivity contribution in [1.29, 1.82) is 0 Å². The molecule has 0 aromatic rings. The first-order valence-electron chi connectivity index (χ1n) is 8.96. The molecule has 0 aromatic carbocycles. The van der Waals surface area contributed by atoms with Gasteiger partial charge >= 0.3 is 11.9 Å². The Hall–Kier alpha value is -2.82. The molecule has 0 aliphatic carbocycles. The van der Waals surface area contributed by atoms with Crippen molar-refractivity contribution in [1.82, 2.24) is 4.90 Å². The van der Waals surface area contributed by atoms with Crippen molar-refractivity contribution in [3.8, 4) is 0 Å². The van der Waals surface area contributed by atoms with E-state index in [1.807, 2.05) is 82.9 Å². The number of ether oxygens (including phenoxy) is 2. The second-order valence-electron chi connectivity index (χ2n) is 8.56. The van der Waals surface area contributed by atoms with Crippen molar-refractivity contribution in [2.45, 2.75) is 52.7 Å². The number of hydrogen-bond donors (Lipinski definition) is 0. The summed E-state index contributed by atoms with van der Waals surface area (Å²) in [6.45, 7) is 10.9. The van der Waals surface area contributed by atoms with Crippen LogP contribution in [0.1, 0.15) is 41.5 Å². The maximum absolute atomic E-state index is 12.8. The van der Waals surface area contributed by atoms with Crippen molar-refractivity contribution in [3.05, 3.63) is 70.8 Å². The topological polar surface area (TPSA) is 55.8 Å². The lowest BCUT2D eigenvalue weighted by Gasteiger charge is -2.38. The van der Waals surface area contributed by atoms with E-state index in [0.29, 0.717) is 22.5 Å². The van der Waals surface area contributed by atoms with Gasteiger partial charge in [0.1, 0.15) is 11.2 Å². The van der Waals surface area contributed by atoms with Crippen molar-refractivity contribution in [2.75, 3.05) is 0 Å². The van der Waals surface area contributed by atoms with Crippen molar-refractivity contribution in [2.24, 2.45) is 0 Å². The quantitative estimate of drug-likeness (QED) is 0.689. The Kier molecular flexibility index (Phi) is 4.50. The molecule has 3 aliphatic rings. The summed E-state index contributed by atoms with van der Waals surface area (Å²) in [5, 5.41) is 0. The van der Waals surface area contributed by atoms with E-state index in [4.69, 9.17) is 9.47 Å². The van der Waals surface area contributed by atoms with Crippen LogP contribution in [0.5, 0.6) is 0 Å². The van der Waals surface area contributed by atoms with Gasteiger partial charge in [0.15, 0.2) is 0 Å². The summed E-state index contributed by atoms with van der Waals surface area (Å²) in [6, 6.07) is 0. The molecule has 0 radical (unpaired) electrons. The van der Waals surface area contributed by atoms with Crippen LogP contribution in [-0.2, 0) is 19.1 Å². The van der Waals surface area contributed by atoms with Gasteiger partial charge in [-0.1, -0.05) is 12.2 Å². The minimum absolute atomic E-state index is 0.333.